The van der Waals surface area contributed by atoms with E-state index in [0.717, 1.165) is 14.2 Å². The molecule has 5 heteroatoms. The van der Waals surface area contributed by atoms with E-state index in [2.05, 4.69) is 15.9 Å². The van der Waals surface area contributed by atoms with E-state index >= 15 is 0 Å². The molecule has 1 unspecified atom stereocenters. The van der Waals surface area contributed by atoms with E-state index < -0.39 is 0 Å². The van der Waals surface area contributed by atoms with Gasteiger partial charge in [-0.05, 0) is 34.5 Å². The predicted molar refractivity (Wildman–Crippen MR) is 61.4 cm³/mol. The van der Waals surface area contributed by atoms with Crippen LogP contribution in [0.1, 0.15) is 23.4 Å². The Morgan fingerprint density at radius 2 is 2.33 bits per heavy atom. The Balaban J connectivity index is 0.00000121. The molecule has 0 aromatic carbocycles. The number of hydrogen-bond acceptors (Lipinski definition) is 2. The van der Waals surface area contributed by atoms with Crippen LogP contribution < -0.4 is 5.73 Å². The summed E-state index contributed by atoms with van der Waals surface area (Å²) in [6.07, 6.45) is 0. The molecule has 1 aromatic rings. The first kappa shape index (κ1) is 12.7. The number of halogens is 3. The maximum Gasteiger partial charge on any atom is 0.0705 e. The van der Waals surface area contributed by atoms with Crippen LogP contribution in [0.4, 0.5) is 0 Å². The summed E-state index contributed by atoms with van der Waals surface area (Å²) in [5.74, 6) is 0.549. The van der Waals surface area contributed by atoms with Crippen molar-refractivity contribution in [2.75, 3.05) is 0 Å². The highest BCUT2D eigenvalue weighted by Crippen LogP contribution is 2.31. The Labute approximate surface area is 95.8 Å². The standard InChI is InChI=1S/C7H9BrClNS.ClH/c1-4(10)5-2-7(8)11-6(5)3-9;/h2,4H,3,10H2,1H3;1H. The second-order valence-corrected chi connectivity index (χ2v) is 5.13. The Morgan fingerprint density at radius 3 is 2.67 bits per heavy atom. The molecule has 0 fully saturated rings. The lowest BCUT2D eigenvalue weighted by molar-refractivity contribution is 0.815. The first-order valence-corrected chi connectivity index (χ1v) is 5.39. The molecule has 0 amide bonds. The van der Waals surface area contributed by atoms with E-state index in [1.54, 1.807) is 11.3 Å². The topological polar surface area (TPSA) is 26.0 Å². The van der Waals surface area contributed by atoms with E-state index in [0.29, 0.717) is 5.88 Å². The van der Waals surface area contributed by atoms with Crippen LogP contribution in [0.15, 0.2) is 9.85 Å². The lowest BCUT2D eigenvalue weighted by Gasteiger charge is -2.02. The Morgan fingerprint density at radius 1 is 1.75 bits per heavy atom. The van der Waals surface area contributed by atoms with Crippen LogP contribution in [0.25, 0.3) is 0 Å². The van der Waals surface area contributed by atoms with Crippen molar-refractivity contribution in [3.8, 4) is 0 Å². The third-order valence-corrected chi connectivity index (χ3v) is 3.50. The highest BCUT2D eigenvalue weighted by atomic mass is 79.9. The van der Waals surface area contributed by atoms with Crippen molar-refractivity contribution in [2.45, 2.75) is 18.8 Å². The van der Waals surface area contributed by atoms with Crippen molar-refractivity contribution in [1.29, 1.82) is 0 Å². The molecule has 0 spiro atoms. The molecule has 0 aliphatic heterocycles. The molecule has 0 aliphatic rings. The molecule has 1 nitrogen and oxygen atoms in total. The molecule has 70 valence electrons. The smallest absolute Gasteiger partial charge is 0.0705 e. The van der Waals surface area contributed by atoms with Crippen molar-refractivity contribution in [1.82, 2.24) is 0 Å². The van der Waals surface area contributed by atoms with Gasteiger partial charge in [0.15, 0.2) is 0 Å². The molecule has 0 bridgehead atoms. The third kappa shape index (κ3) is 2.89. The molecule has 0 aliphatic carbocycles. The molecule has 0 saturated heterocycles. The summed E-state index contributed by atoms with van der Waals surface area (Å²) in [6, 6.07) is 2.11. The van der Waals surface area contributed by atoms with Crippen molar-refractivity contribution >= 4 is 51.3 Å². The summed E-state index contributed by atoms with van der Waals surface area (Å²) in [5, 5.41) is 0. The summed E-state index contributed by atoms with van der Waals surface area (Å²) < 4.78 is 1.10. The van der Waals surface area contributed by atoms with Crippen LogP contribution in [0.5, 0.6) is 0 Å². The molecule has 1 rings (SSSR count). The van der Waals surface area contributed by atoms with Gasteiger partial charge in [-0.1, -0.05) is 0 Å². The molecule has 12 heavy (non-hydrogen) atoms. The Kier molecular flexibility index (Phi) is 5.78. The van der Waals surface area contributed by atoms with E-state index in [1.165, 1.54) is 0 Å². The highest BCUT2D eigenvalue weighted by molar-refractivity contribution is 9.11. The monoisotopic (exact) mass is 289 g/mol. The van der Waals surface area contributed by atoms with Gasteiger partial charge in [0.1, 0.15) is 0 Å². The average Bonchev–Trinajstić information content (AvgIpc) is 2.30. The second-order valence-electron chi connectivity index (χ2n) is 2.35. The van der Waals surface area contributed by atoms with E-state index in [1.807, 2.05) is 13.0 Å². The minimum Gasteiger partial charge on any atom is -0.324 e. The molecular weight excluding hydrogens is 281 g/mol. The first-order chi connectivity index (χ1) is 5.15. The number of thiophene rings is 1. The van der Waals surface area contributed by atoms with E-state index in [9.17, 15) is 0 Å². The fourth-order valence-electron chi connectivity index (χ4n) is 0.899. The maximum absolute atomic E-state index is 5.73. The summed E-state index contributed by atoms with van der Waals surface area (Å²) >= 11 is 10.8. The molecule has 1 heterocycles. The summed E-state index contributed by atoms with van der Waals surface area (Å²) in [7, 11) is 0. The van der Waals surface area contributed by atoms with Gasteiger partial charge in [0.05, 0.1) is 9.67 Å². The lowest BCUT2D eigenvalue weighted by atomic mass is 10.1. The van der Waals surface area contributed by atoms with Crippen LogP contribution in [0, 0.1) is 0 Å². The third-order valence-electron chi connectivity index (χ3n) is 1.42. The van der Waals surface area contributed by atoms with Gasteiger partial charge in [-0.25, -0.2) is 0 Å². The number of rotatable bonds is 2. The summed E-state index contributed by atoms with van der Waals surface area (Å²) in [5.41, 5.74) is 6.88. The lowest BCUT2D eigenvalue weighted by Crippen LogP contribution is -2.05. The number of alkyl halides is 1. The molecule has 1 atom stereocenters. The normalized spacial score (nSPS) is 12.3. The van der Waals surface area contributed by atoms with Crippen LogP contribution in [0.3, 0.4) is 0 Å². The zero-order valence-electron chi connectivity index (χ0n) is 6.51. The fourth-order valence-corrected chi connectivity index (χ4v) is 2.89. The van der Waals surface area contributed by atoms with E-state index in [4.69, 9.17) is 17.3 Å². The van der Waals surface area contributed by atoms with Gasteiger partial charge in [0.2, 0.25) is 0 Å². The van der Waals surface area contributed by atoms with Crippen molar-refractivity contribution in [2.24, 2.45) is 5.73 Å². The first-order valence-electron chi connectivity index (χ1n) is 3.24. The molecular formula is C7H10BrCl2NS. The number of nitrogens with two attached hydrogens (primary N) is 1. The Hall–Kier alpha value is 0.720. The van der Waals surface area contributed by atoms with Crippen LogP contribution in [-0.4, -0.2) is 0 Å². The van der Waals surface area contributed by atoms with Crippen molar-refractivity contribution < 1.29 is 0 Å². The molecule has 1 aromatic heterocycles. The van der Waals surface area contributed by atoms with Crippen LogP contribution in [-0.2, 0) is 5.88 Å². The van der Waals surface area contributed by atoms with Gasteiger partial charge in [-0.3, -0.25) is 0 Å². The van der Waals surface area contributed by atoms with Crippen molar-refractivity contribution in [3.63, 3.8) is 0 Å². The van der Waals surface area contributed by atoms with Crippen LogP contribution in [0.2, 0.25) is 0 Å². The van der Waals surface area contributed by atoms with Gasteiger partial charge in [0.25, 0.3) is 0 Å². The van der Waals surface area contributed by atoms with E-state index in [-0.39, 0.29) is 18.4 Å². The van der Waals surface area contributed by atoms with Crippen LogP contribution >= 0.6 is 51.3 Å². The molecule has 0 radical (unpaired) electrons. The molecule has 0 saturated carbocycles. The van der Waals surface area contributed by atoms with Gasteiger partial charge in [-0.2, -0.15) is 0 Å². The SMILES string of the molecule is CC(N)c1cc(Br)sc1CCl.Cl. The Bertz CT molecular complexity index is 250. The van der Waals surface area contributed by atoms with Gasteiger partial charge in [-0.15, -0.1) is 35.3 Å². The van der Waals surface area contributed by atoms with Gasteiger partial charge >= 0.3 is 0 Å². The largest absolute Gasteiger partial charge is 0.324 e. The van der Waals surface area contributed by atoms with Gasteiger partial charge < -0.3 is 5.73 Å². The minimum atomic E-state index is 0. The summed E-state index contributed by atoms with van der Waals surface area (Å²) in [4.78, 5) is 1.16. The minimum absolute atomic E-state index is 0. The zero-order chi connectivity index (χ0) is 8.43. The van der Waals surface area contributed by atoms with Crippen molar-refractivity contribution in [3.05, 3.63) is 20.3 Å². The molecule has 2 N–H and O–H groups in total. The predicted octanol–water partition coefficient (Wildman–Crippen LogP) is 3.69. The maximum atomic E-state index is 5.73. The summed E-state index contributed by atoms with van der Waals surface area (Å²) in [6.45, 7) is 1.96. The highest BCUT2D eigenvalue weighted by Gasteiger charge is 2.09. The zero-order valence-corrected chi connectivity index (χ0v) is 10.5. The number of hydrogen-bond donors (Lipinski definition) is 1. The second kappa shape index (κ2) is 5.45. The quantitative estimate of drug-likeness (QED) is 0.826. The average molecular weight is 291 g/mol. The fraction of sp³-hybridized carbons (Fsp3) is 0.429. The van der Waals surface area contributed by atoms with Gasteiger partial charge in [0, 0.05) is 10.9 Å².